The Kier molecular flexibility index (Phi) is 5.93. The van der Waals surface area contributed by atoms with Crippen LogP contribution in [0.15, 0.2) is 87.3 Å². The Morgan fingerprint density at radius 3 is 2.40 bits per heavy atom. The van der Waals surface area contributed by atoms with Crippen molar-refractivity contribution in [3.63, 3.8) is 0 Å². The molecule has 0 saturated heterocycles. The first-order chi connectivity index (χ1) is 14.5. The first-order valence-corrected chi connectivity index (χ1v) is 11.0. The number of carbonyl (C=O) groups is 1. The van der Waals surface area contributed by atoms with E-state index in [1.165, 1.54) is 0 Å². The third-order valence-electron chi connectivity index (χ3n) is 4.95. The van der Waals surface area contributed by atoms with Crippen LogP contribution in [0.3, 0.4) is 0 Å². The van der Waals surface area contributed by atoms with Gasteiger partial charge in [0.05, 0.1) is 23.0 Å². The number of anilines is 1. The smallest absolute Gasteiger partial charge is 0.262 e. The molecule has 0 saturated carbocycles. The molecule has 30 heavy (non-hydrogen) atoms. The van der Waals surface area contributed by atoms with E-state index >= 15 is 0 Å². The summed E-state index contributed by atoms with van der Waals surface area (Å²) in [5, 5.41) is 0. The van der Waals surface area contributed by atoms with E-state index in [0.717, 1.165) is 42.8 Å². The van der Waals surface area contributed by atoms with Crippen molar-refractivity contribution in [3.05, 3.63) is 104 Å². The molecule has 1 heterocycles. The van der Waals surface area contributed by atoms with Crippen molar-refractivity contribution in [2.75, 3.05) is 12.0 Å². The first-order valence-electron chi connectivity index (χ1n) is 9.41. The number of halogens is 2. The highest BCUT2D eigenvalue weighted by atomic mass is 79.9. The normalized spacial score (nSPS) is 14.9. The lowest BCUT2D eigenvalue weighted by molar-refractivity contribution is -0.113. The fourth-order valence-corrected chi connectivity index (χ4v) is 4.53. The molecule has 3 aromatic rings. The largest absolute Gasteiger partial charge is 0.496 e. The van der Waals surface area contributed by atoms with Crippen LogP contribution in [0, 0.1) is 6.92 Å². The van der Waals surface area contributed by atoms with Gasteiger partial charge in [0.15, 0.2) is 0 Å². The molecule has 3 nitrogen and oxygen atoms in total. The molecule has 0 N–H and O–H groups in total. The van der Waals surface area contributed by atoms with Gasteiger partial charge in [-0.25, -0.2) is 0 Å². The van der Waals surface area contributed by atoms with Crippen molar-refractivity contribution in [1.82, 2.24) is 0 Å². The number of ether oxygens (including phenoxy) is 1. The van der Waals surface area contributed by atoms with Gasteiger partial charge in [0.1, 0.15) is 5.75 Å². The molecule has 5 heteroatoms. The van der Waals surface area contributed by atoms with Gasteiger partial charge < -0.3 is 4.74 Å². The van der Waals surface area contributed by atoms with Gasteiger partial charge in [-0.2, -0.15) is 0 Å². The van der Waals surface area contributed by atoms with E-state index < -0.39 is 0 Å². The molecular weight excluding hydrogens is 506 g/mol. The summed E-state index contributed by atoms with van der Waals surface area (Å²) in [6.07, 6.45) is 3.86. The molecule has 0 fully saturated rings. The molecule has 0 unspecified atom stereocenters. The van der Waals surface area contributed by atoms with Gasteiger partial charge in [0.2, 0.25) is 0 Å². The molecule has 1 amide bonds. The molecule has 0 bridgehead atoms. The van der Waals surface area contributed by atoms with E-state index in [4.69, 9.17) is 4.74 Å². The lowest BCUT2D eigenvalue weighted by Gasteiger charge is -2.23. The van der Waals surface area contributed by atoms with Crippen molar-refractivity contribution < 1.29 is 9.53 Å². The summed E-state index contributed by atoms with van der Waals surface area (Å²) in [6, 6.07) is 21.7. The summed E-state index contributed by atoms with van der Waals surface area (Å²) in [5.41, 5.74) is 5.31. The van der Waals surface area contributed by atoms with Crippen molar-refractivity contribution >= 4 is 55.2 Å². The standard InChI is InChI=1S/C25H19Br2NO2/c1-16-12-20(26)9-10-22(16)28-23(18-6-4-3-5-7-18)15-19(25(28)29)13-17-8-11-24(30-2)21(27)14-17/h3-15H,1-2H3/b19-13+. The van der Waals surface area contributed by atoms with E-state index in [9.17, 15) is 4.79 Å². The number of hydrogen-bond acceptors (Lipinski definition) is 2. The molecule has 0 aromatic heterocycles. The van der Waals surface area contributed by atoms with Crippen LogP contribution in [0.25, 0.3) is 11.8 Å². The fraction of sp³-hybridized carbons (Fsp3) is 0.0800. The molecule has 150 valence electrons. The van der Waals surface area contributed by atoms with Crippen LogP contribution in [0.5, 0.6) is 5.75 Å². The van der Waals surface area contributed by atoms with Crippen molar-refractivity contribution in [2.45, 2.75) is 6.92 Å². The van der Waals surface area contributed by atoms with Crippen LogP contribution < -0.4 is 9.64 Å². The number of benzene rings is 3. The van der Waals surface area contributed by atoms with Crippen LogP contribution in [-0.4, -0.2) is 13.0 Å². The second-order valence-corrected chi connectivity index (χ2v) is 8.73. The molecule has 1 aliphatic rings. The number of hydrogen-bond donors (Lipinski definition) is 0. The number of aryl methyl sites for hydroxylation is 1. The maximum Gasteiger partial charge on any atom is 0.262 e. The van der Waals surface area contributed by atoms with Crippen LogP contribution in [0.4, 0.5) is 5.69 Å². The van der Waals surface area contributed by atoms with Gasteiger partial charge in [-0.1, -0.05) is 52.3 Å². The Morgan fingerprint density at radius 1 is 0.967 bits per heavy atom. The average Bonchev–Trinajstić information content (AvgIpc) is 3.05. The molecule has 4 rings (SSSR count). The SMILES string of the molecule is COc1ccc(/C=C2\C=C(c3ccccc3)N(c3ccc(Br)cc3C)C2=O)cc1Br. The highest BCUT2D eigenvalue weighted by molar-refractivity contribution is 9.10. The molecule has 0 spiro atoms. The Labute approximate surface area is 192 Å². The minimum atomic E-state index is -0.0498. The van der Waals surface area contributed by atoms with Gasteiger partial charge in [-0.05, 0) is 82.0 Å². The third-order valence-corrected chi connectivity index (χ3v) is 6.06. The fourth-order valence-electron chi connectivity index (χ4n) is 3.50. The van der Waals surface area contributed by atoms with Gasteiger partial charge in [-0.3, -0.25) is 9.69 Å². The number of carbonyl (C=O) groups excluding carboxylic acids is 1. The van der Waals surface area contributed by atoms with Crippen LogP contribution in [-0.2, 0) is 4.79 Å². The monoisotopic (exact) mass is 523 g/mol. The predicted molar refractivity (Wildman–Crippen MR) is 129 cm³/mol. The zero-order valence-electron chi connectivity index (χ0n) is 16.5. The maximum absolute atomic E-state index is 13.5. The lowest BCUT2D eigenvalue weighted by atomic mass is 10.1. The Bertz CT molecular complexity index is 1180. The zero-order valence-corrected chi connectivity index (χ0v) is 19.7. The van der Waals surface area contributed by atoms with Crippen molar-refractivity contribution in [2.24, 2.45) is 0 Å². The van der Waals surface area contributed by atoms with Crippen molar-refractivity contribution in [1.29, 1.82) is 0 Å². The molecule has 0 radical (unpaired) electrons. The minimum Gasteiger partial charge on any atom is -0.496 e. The second kappa shape index (κ2) is 8.62. The predicted octanol–water partition coefficient (Wildman–Crippen LogP) is 7.00. The minimum absolute atomic E-state index is 0.0498. The average molecular weight is 525 g/mol. The van der Waals surface area contributed by atoms with Crippen LogP contribution in [0.1, 0.15) is 16.7 Å². The number of methoxy groups -OCH3 is 1. The van der Waals surface area contributed by atoms with Crippen molar-refractivity contribution in [3.8, 4) is 5.75 Å². The summed E-state index contributed by atoms with van der Waals surface area (Å²) >= 11 is 7.03. The van der Waals surface area contributed by atoms with E-state index in [1.807, 2.05) is 85.8 Å². The maximum atomic E-state index is 13.5. The molecule has 0 atom stereocenters. The summed E-state index contributed by atoms with van der Waals surface area (Å²) in [7, 11) is 1.63. The Balaban J connectivity index is 1.82. The van der Waals surface area contributed by atoms with Gasteiger partial charge >= 0.3 is 0 Å². The second-order valence-electron chi connectivity index (χ2n) is 6.96. The Morgan fingerprint density at radius 2 is 1.73 bits per heavy atom. The zero-order chi connectivity index (χ0) is 21.3. The van der Waals surface area contributed by atoms with E-state index in [1.54, 1.807) is 12.0 Å². The number of nitrogens with zero attached hydrogens (tertiary/aromatic N) is 1. The molecule has 1 aliphatic heterocycles. The highest BCUT2D eigenvalue weighted by Gasteiger charge is 2.31. The number of amides is 1. The lowest BCUT2D eigenvalue weighted by Crippen LogP contribution is -2.25. The van der Waals surface area contributed by atoms with Gasteiger partial charge in [0.25, 0.3) is 5.91 Å². The highest BCUT2D eigenvalue weighted by Crippen LogP contribution is 2.38. The summed E-state index contributed by atoms with van der Waals surface area (Å²) < 4.78 is 7.14. The Hall–Kier alpha value is -2.63. The summed E-state index contributed by atoms with van der Waals surface area (Å²) in [5.74, 6) is 0.703. The topological polar surface area (TPSA) is 29.5 Å². The van der Waals surface area contributed by atoms with Gasteiger partial charge in [0, 0.05) is 10.0 Å². The number of rotatable bonds is 4. The first kappa shape index (κ1) is 20.6. The molecular formula is C25H19Br2NO2. The summed E-state index contributed by atoms with van der Waals surface area (Å²) in [4.78, 5) is 15.3. The van der Waals surface area contributed by atoms with Crippen LogP contribution >= 0.6 is 31.9 Å². The van der Waals surface area contributed by atoms with E-state index in [2.05, 4.69) is 31.9 Å². The molecule has 3 aromatic carbocycles. The van der Waals surface area contributed by atoms with Gasteiger partial charge in [-0.15, -0.1) is 0 Å². The third kappa shape index (κ3) is 4.00. The summed E-state index contributed by atoms with van der Waals surface area (Å²) in [6.45, 7) is 2.01. The van der Waals surface area contributed by atoms with E-state index in [0.29, 0.717) is 5.57 Å². The molecule has 0 aliphatic carbocycles. The quantitative estimate of drug-likeness (QED) is 0.344. The van der Waals surface area contributed by atoms with Crippen LogP contribution in [0.2, 0.25) is 0 Å². The van der Waals surface area contributed by atoms with E-state index in [-0.39, 0.29) is 5.91 Å².